The summed E-state index contributed by atoms with van der Waals surface area (Å²) in [6, 6.07) is 6.03. The predicted molar refractivity (Wildman–Crippen MR) is 84.6 cm³/mol. The van der Waals surface area contributed by atoms with Gasteiger partial charge in [-0.15, -0.1) is 0 Å². The van der Waals surface area contributed by atoms with Crippen molar-refractivity contribution in [3.63, 3.8) is 0 Å². The Bertz CT molecular complexity index is 868. The zero-order valence-corrected chi connectivity index (χ0v) is 12.8. The zero-order chi connectivity index (χ0) is 15.1. The van der Waals surface area contributed by atoms with E-state index in [0.29, 0.717) is 23.2 Å². The quantitative estimate of drug-likeness (QED) is 0.789. The molecule has 3 heterocycles. The lowest BCUT2D eigenvalue weighted by Gasteiger charge is -2.15. The van der Waals surface area contributed by atoms with Crippen LogP contribution in [0.5, 0.6) is 5.88 Å². The van der Waals surface area contributed by atoms with Gasteiger partial charge in [0.05, 0.1) is 23.0 Å². The standard InChI is InChI=1S/C15H14N4O2S/c1-9-3-4-11-12(7-9)22-15(17-11)18-13(20)10-8-16-19-5-2-6-21-14(10)19/h3-4,7-8H,2,5-6H2,1H3,(H,17,18,20). The molecule has 4 rings (SSSR count). The maximum atomic E-state index is 12.4. The van der Waals surface area contributed by atoms with Crippen LogP contribution in [0.3, 0.4) is 0 Å². The van der Waals surface area contributed by atoms with Crippen LogP contribution in [0.4, 0.5) is 5.13 Å². The van der Waals surface area contributed by atoms with Gasteiger partial charge in [-0.25, -0.2) is 9.67 Å². The number of fused-ring (bicyclic) bond motifs is 2. The first-order valence-electron chi connectivity index (χ1n) is 7.08. The number of aromatic nitrogens is 3. The van der Waals surface area contributed by atoms with Crippen LogP contribution in [0.15, 0.2) is 24.4 Å². The number of hydrogen-bond acceptors (Lipinski definition) is 5. The number of aryl methyl sites for hydroxylation is 2. The number of thiazole rings is 1. The molecular formula is C15H14N4O2S. The van der Waals surface area contributed by atoms with Crippen molar-refractivity contribution in [1.82, 2.24) is 14.8 Å². The topological polar surface area (TPSA) is 69.0 Å². The molecule has 0 aliphatic carbocycles. The summed E-state index contributed by atoms with van der Waals surface area (Å²) in [5.74, 6) is 0.305. The second-order valence-corrected chi connectivity index (χ2v) is 6.26. The minimum Gasteiger partial charge on any atom is -0.477 e. The molecule has 0 bridgehead atoms. The smallest absolute Gasteiger partial charge is 0.264 e. The van der Waals surface area contributed by atoms with Gasteiger partial charge in [-0.05, 0) is 24.6 Å². The van der Waals surface area contributed by atoms with Gasteiger partial charge in [-0.3, -0.25) is 10.1 Å². The van der Waals surface area contributed by atoms with Gasteiger partial charge in [0, 0.05) is 13.0 Å². The number of amides is 1. The van der Waals surface area contributed by atoms with Crippen LogP contribution >= 0.6 is 11.3 Å². The molecule has 112 valence electrons. The Balaban J connectivity index is 1.61. The average molecular weight is 314 g/mol. The Morgan fingerprint density at radius 3 is 3.27 bits per heavy atom. The van der Waals surface area contributed by atoms with Crippen LogP contribution in [-0.4, -0.2) is 27.3 Å². The Kier molecular flexibility index (Phi) is 3.07. The number of ether oxygens (including phenoxy) is 1. The molecule has 0 unspecified atom stereocenters. The summed E-state index contributed by atoms with van der Waals surface area (Å²) in [5, 5.41) is 7.61. The molecule has 1 N–H and O–H groups in total. The van der Waals surface area contributed by atoms with E-state index < -0.39 is 0 Å². The maximum Gasteiger partial charge on any atom is 0.264 e. The fourth-order valence-electron chi connectivity index (χ4n) is 2.47. The first-order valence-corrected chi connectivity index (χ1v) is 7.89. The lowest BCUT2D eigenvalue weighted by atomic mass is 10.2. The highest BCUT2D eigenvalue weighted by Gasteiger charge is 2.22. The first-order chi connectivity index (χ1) is 10.7. The van der Waals surface area contributed by atoms with Crippen molar-refractivity contribution in [3.8, 4) is 5.88 Å². The molecule has 1 aliphatic rings. The van der Waals surface area contributed by atoms with E-state index in [1.165, 1.54) is 16.9 Å². The van der Waals surface area contributed by atoms with Crippen LogP contribution < -0.4 is 10.1 Å². The van der Waals surface area contributed by atoms with Crippen LogP contribution in [0.2, 0.25) is 0 Å². The highest BCUT2D eigenvalue weighted by Crippen LogP contribution is 2.28. The number of benzene rings is 1. The van der Waals surface area contributed by atoms with Crippen molar-refractivity contribution in [2.75, 3.05) is 11.9 Å². The van der Waals surface area contributed by atoms with Gasteiger partial charge in [-0.1, -0.05) is 17.4 Å². The van der Waals surface area contributed by atoms with E-state index in [1.807, 2.05) is 19.1 Å². The molecule has 0 radical (unpaired) electrons. The van der Waals surface area contributed by atoms with E-state index in [4.69, 9.17) is 4.74 Å². The summed E-state index contributed by atoms with van der Waals surface area (Å²) in [6.45, 7) is 3.43. The molecule has 0 saturated heterocycles. The van der Waals surface area contributed by atoms with Crippen molar-refractivity contribution < 1.29 is 9.53 Å². The van der Waals surface area contributed by atoms with E-state index in [1.54, 1.807) is 10.9 Å². The summed E-state index contributed by atoms with van der Waals surface area (Å²) < 4.78 is 8.33. The molecule has 1 amide bonds. The summed E-state index contributed by atoms with van der Waals surface area (Å²) in [5.41, 5.74) is 2.52. The number of anilines is 1. The second-order valence-electron chi connectivity index (χ2n) is 5.23. The molecule has 2 aromatic heterocycles. The van der Waals surface area contributed by atoms with Crippen molar-refractivity contribution in [3.05, 3.63) is 35.5 Å². The molecule has 3 aromatic rings. The summed E-state index contributed by atoms with van der Waals surface area (Å²) in [7, 11) is 0. The Morgan fingerprint density at radius 1 is 1.45 bits per heavy atom. The number of carbonyl (C=O) groups excluding carboxylic acids is 1. The van der Waals surface area contributed by atoms with Crippen molar-refractivity contribution in [1.29, 1.82) is 0 Å². The van der Waals surface area contributed by atoms with Gasteiger partial charge in [0.1, 0.15) is 5.56 Å². The molecule has 22 heavy (non-hydrogen) atoms. The van der Waals surface area contributed by atoms with Crippen LogP contribution in [0.25, 0.3) is 10.2 Å². The summed E-state index contributed by atoms with van der Waals surface area (Å²) >= 11 is 1.46. The third-order valence-corrected chi connectivity index (χ3v) is 4.49. The highest BCUT2D eigenvalue weighted by atomic mass is 32.1. The van der Waals surface area contributed by atoms with Crippen LogP contribution in [0.1, 0.15) is 22.3 Å². The van der Waals surface area contributed by atoms with Crippen molar-refractivity contribution >= 4 is 32.6 Å². The van der Waals surface area contributed by atoms with Gasteiger partial charge in [0.2, 0.25) is 5.88 Å². The van der Waals surface area contributed by atoms with Crippen molar-refractivity contribution in [2.45, 2.75) is 19.9 Å². The average Bonchev–Trinajstić information content (AvgIpc) is 3.09. The molecule has 7 heteroatoms. The highest BCUT2D eigenvalue weighted by molar-refractivity contribution is 7.22. The predicted octanol–water partition coefficient (Wildman–Crippen LogP) is 2.84. The first kappa shape index (κ1) is 13.3. The number of nitrogens with zero attached hydrogens (tertiary/aromatic N) is 3. The third kappa shape index (κ3) is 2.23. The number of carbonyl (C=O) groups is 1. The summed E-state index contributed by atoms with van der Waals surface area (Å²) in [6.07, 6.45) is 2.46. The Hall–Kier alpha value is -2.41. The van der Waals surface area contributed by atoms with Gasteiger partial charge >= 0.3 is 0 Å². The number of rotatable bonds is 2. The fraction of sp³-hybridized carbons (Fsp3) is 0.267. The van der Waals surface area contributed by atoms with Crippen LogP contribution in [0, 0.1) is 6.92 Å². The maximum absolute atomic E-state index is 12.4. The summed E-state index contributed by atoms with van der Waals surface area (Å²) in [4.78, 5) is 16.8. The minimum absolute atomic E-state index is 0.237. The van der Waals surface area contributed by atoms with Gasteiger partial charge in [0.15, 0.2) is 5.13 Å². The molecule has 6 nitrogen and oxygen atoms in total. The number of nitrogens with one attached hydrogen (secondary N) is 1. The van der Waals surface area contributed by atoms with E-state index in [2.05, 4.69) is 21.5 Å². The minimum atomic E-state index is -0.237. The van der Waals surface area contributed by atoms with E-state index >= 15 is 0 Å². The van der Waals surface area contributed by atoms with Gasteiger partial charge in [0.25, 0.3) is 5.91 Å². The molecule has 1 aromatic carbocycles. The lowest BCUT2D eigenvalue weighted by Crippen LogP contribution is -2.18. The van der Waals surface area contributed by atoms with E-state index in [-0.39, 0.29) is 5.91 Å². The normalized spacial score (nSPS) is 13.7. The van der Waals surface area contributed by atoms with Crippen molar-refractivity contribution in [2.24, 2.45) is 0 Å². The molecule has 0 saturated carbocycles. The Labute approximate surface area is 130 Å². The fourth-order valence-corrected chi connectivity index (χ4v) is 3.43. The molecule has 1 aliphatic heterocycles. The van der Waals surface area contributed by atoms with Gasteiger partial charge in [-0.2, -0.15) is 5.10 Å². The molecule has 0 fully saturated rings. The van der Waals surface area contributed by atoms with Gasteiger partial charge < -0.3 is 4.74 Å². The second kappa shape index (κ2) is 5.10. The number of hydrogen-bond donors (Lipinski definition) is 1. The monoisotopic (exact) mass is 314 g/mol. The lowest BCUT2D eigenvalue weighted by molar-refractivity contribution is 0.102. The van der Waals surface area contributed by atoms with Crippen LogP contribution in [-0.2, 0) is 6.54 Å². The SMILES string of the molecule is Cc1ccc2nc(NC(=O)c3cnn4c3OCCC4)sc2c1. The molecular weight excluding hydrogens is 300 g/mol. The van der Waals surface area contributed by atoms with E-state index in [0.717, 1.165) is 23.2 Å². The largest absolute Gasteiger partial charge is 0.477 e. The Morgan fingerprint density at radius 2 is 2.36 bits per heavy atom. The van der Waals surface area contributed by atoms with E-state index in [9.17, 15) is 4.79 Å². The zero-order valence-electron chi connectivity index (χ0n) is 12.0. The molecule has 0 spiro atoms. The third-order valence-electron chi connectivity index (χ3n) is 3.55. The molecule has 0 atom stereocenters.